The van der Waals surface area contributed by atoms with Crippen molar-refractivity contribution in [3.05, 3.63) is 28.7 Å². The molecule has 2 nitrogen and oxygen atoms in total. The first-order valence-electron chi connectivity index (χ1n) is 2.70. The highest BCUT2D eigenvalue weighted by molar-refractivity contribution is 9.10. The van der Waals surface area contributed by atoms with Crippen molar-refractivity contribution < 1.29 is 8.42 Å². The van der Waals surface area contributed by atoms with Crippen LogP contribution in [0.5, 0.6) is 0 Å². The third-order valence-corrected chi connectivity index (χ3v) is 2.99. The number of halogens is 2. The topological polar surface area (TPSA) is 34.1 Å². The minimum absolute atomic E-state index is 0.113. The van der Waals surface area contributed by atoms with E-state index in [1.54, 1.807) is 12.1 Å². The standard InChI is InChI=1S/C6H4BrClO2S/c7-5-1-3-6(4-2-5)11(8,9)10/h1-4H/i1+1,2+1,3+1,4+1,5+1,6+1. The summed E-state index contributed by atoms with van der Waals surface area (Å²) in [6, 6.07) is 6.11. The van der Waals surface area contributed by atoms with Crippen molar-refractivity contribution in [3.63, 3.8) is 0 Å². The highest BCUT2D eigenvalue weighted by atomic mass is 79.9. The molecular formula is C6H4BrClO2S. The molecule has 0 fully saturated rings. The monoisotopic (exact) mass is 260 g/mol. The highest BCUT2D eigenvalue weighted by Crippen LogP contribution is 2.17. The highest BCUT2D eigenvalue weighted by Gasteiger charge is 2.07. The molecule has 0 aliphatic heterocycles. The van der Waals surface area contributed by atoms with Crippen LogP contribution in [0.2, 0.25) is 0 Å². The predicted octanol–water partition coefficient (Wildman–Crippen LogP) is 2.38. The smallest absolute Gasteiger partial charge is 0.207 e. The second-order valence-electron chi connectivity index (χ2n) is 1.89. The number of hydrogen-bond acceptors (Lipinski definition) is 2. The third kappa shape index (κ3) is 2.47. The molecule has 0 heterocycles. The molecule has 0 spiro atoms. The zero-order valence-electron chi connectivity index (χ0n) is 5.29. The normalized spacial score (nSPS) is 11.5. The van der Waals surface area contributed by atoms with E-state index in [9.17, 15) is 8.42 Å². The van der Waals surface area contributed by atoms with Gasteiger partial charge in [0, 0.05) is 15.2 Å². The van der Waals surface area contributed by atoms with Gasteiger partial charge in [-0.2, -0.15) is 0 Å². The van der Waals surface area contributed by atoms with Gasteiger partial charge in [-0.05, 0) is 24.3 Å². The average molecular weight is 261 g/mol. The molecule has 1 aromatic rings. The quantitative estimate of drug-likeness (QED) is 0.727. The van der Waals surface area contributed by atoms with E-state index >= 15 is 0 Å². The lowest BCUT2D eigenvalue weighted by atomic mass is 11.4. The molecule has 0 unspecified atom stereocenters. The molecule has 0 bridgehead atoms. The van der Waals surface area contributed by atoms with E-state index in [1.165, 1.54) is 12.1 Å². The first-order valence-corrected chi connectivity index (χ1v) is 5.80. The van der Waals surface area contributed by atoms with Gasteiger partial charge in [0.25, 0.3) is 9.05 Å². The molecule has 0 atom stereocenters. The fraction of sp³-hybridized carbons (Fsp3) is 0. The fourth-order valence-corrected chi connectivity index (χ4v) is 1.63. The van der Waals surface area contributed by atoms with Gasteiger partial charge in [0.05, 0.1) is 4.90 Å². The molecule has 5 heteroatoms. The maximum Gasteiger partial charge on any atom is 0.261 e. The summed E-state index contributed by atoms with van der Waals surface area (Å²) in [7, 11) is 1.50. The van der Waals surface area contributed by atoms with Gasteiger partial charge in [-0.1, -0.05) is 15.9 Å². The van der Waals surface area contributed by atoms with Gasteiger partial charge in [-0.25, -0.2) is 8.42 Å². The molecule has 11 heavy (non-hydrogen) atoms. The summed E-state index contributed by atoms with van der Waals surface area (Å²) >= 11 is 3.17. The largest absolute Gasteiger partial charge is 0.261 e. The Morgan fingerprint density at radius 1 is 1.18 bits per heavy atom. The zero-order chi connectivity index (χ0) is 8.48. The molecule has 0 saturated heterocycles. The Morgan fingerprint density at radius 3 is 2.00 bits per heavy atom. The second kappa shape index (κ2) is 3.13. The fourth-order valence-electron chi connectivity index (χ4n) is 0.597. The van der Waals surface area contributed by atoms with Gasteiger partial charge in [0.1, 0.15) is 0 Å². The maximum atomic E-state index is 10.7. The first-order chi connectivity index (χ1) is 5.00. The number of benzene rings is 1. The summed E-state index contributed by atoms with van der Waals surface area (Å²) in [4.78, 5) is 0.113. The lowest BCUT2D eigenvalue weighted by molar-refractivity contribution is 0.609. The van der Waals surface area contributed by atoms with Crippen molar-refractivity contribution in [1.29, 1.82) is 0 Å². The SMILES string of the molecule is O=S(=O)(Cl)[13c]1[13cH][13cH][13c](Br)[13cH][13cH]1. The molecule has 0 N–H and O–H groups in total. The van der Waals surface area contributed by atoms with Crippen LogP contribution in [0.15, 0.2) is 33.6 Å². The van der Waals surface area contributed by atoms with Gasteiger partial charge in [-0.15, -0.1) is 0 Å². The lowest BCUT2D eigenvalue weighted by Crippen LogP contribution is -1.88. The number of hydrogen-bond donors (Lipinski definition) is 0. The molecule has 0 radical (unpaired) electrons. The summed E-state index contributed by atoms with van der Waals surface area (Å²) in [5.74, 6) is 0. The van der Waals surface area contributed by atoms with Crippen LogP contribution in [0.3, 0.4) is 0 Å². The minimum Gasteiger partial charge on any atom is -0.207 e. The van der Waals surface area contributed by atoms with Gasteiger partial charge >= 0.3 is 0 Å². The van der Waals surface area contributed by atoms with Crippen LogP contribution in [-0.4, -0.2) is 8.42 Å². The van der Waals surface area contributed by atoms with Crippen LogP contribution in [-0.2, 0) is 9.05 Å². The Hall–Kier alpha value is -0.0600. The Bertz CT molecular complexity index is 343. The molecule has 0 amide bonds. The van der Waals surface area contributed by atoms with Gasteiger partial charge in [0.2, 0.25) is 0 Å². The summed E-state index contributed by atoms with van der Waals surface area (Å²) in [5.41, 5.74) is 0. The van der Waals surface area contributed by atoms with Crippen LogP contribution in [0, 0.1) is 0 Å². The van der Waals surface area contributed by atoms with E-state index < -0.39 is 9.05 Å². The minimum atomic E-state index is -3.57. The van der Waals surface area contributed by atoms with Crippen LogP contribution in [0.25, 0.3) is 0 Å². The summed E-state index contributed by atoms with van der Waals surface area (Å²) in [6.45, 7) is 0. The summed E-state index contributed by atoms with van der Waals surface area (Å²) < 4.78 is 22.2. The van der Waals surface area contributed by atoms with Crippen LogP contribution in [0.1, 0.15) is 0 Å². The van der Waals surface area contributed by atoms with Crippen LogP contribution >= 0.6 is 26.6 Å². The Balaban J connectivity index is 3.20. The molecule has 0 aliphatic rings. The molecule has 60 valence electrons. The molecule has 0 aromatic heterocycles. The van der Waals surface area contributed by atoms with E-state index in [-0.39, 0.29) is 4.90 Å². The van der Waals surface area contributed by atoms with Crippen LogP contribution < -0.4 is 0 Å². The summed E-state index contributed by atoms with van der Waals surface area (Å²) in [6.07, 6.45) is 0. The Morgan fingerprint density at radius 2 is 1.64 bits per heavy atom. The summed E-state index contributed by atoms with van der Waals surface area (Å²) in [5, 5.41) is 0. The van der Waals surface area contributed by atoms with Gasteiger partial charge < -0.3 is 0 Å². The van der Waals surface area contributed by atoms with E-state index in [0.29, 0.717) is 0 Å². The molecule has 0 aliphatic carbocycles. The maximum absolute atomic E-state index is 10.7. The van der Waals surface area contributed by atoms with Crippen molar-refractivity contribution in [2.75, 3.05) is 0 Å². The van der Waals surface area contributed by atoms with Crippen molar-refractivity contribution in [3.8, 4) is 0 Å². The van der Waals surface area contributed by atoms with Crippen molar-refractivity contribution >= 4 is 35.7 Å². The molecule has 1 aromatic carbocycles. The van der Waals surface area contributed by atoms with E-state index in [2.05, 4.69) is 15.9 Å². The van der Waals surface area contributed by atoms with E-state index in [0.717, 1.165) is 4.47 Å². The molecular weight excluding hydrogens is 257 g/mol. The van der Waals surface area contributed by atoms with E-state index in [4.69, 9.17) is 10.7 Å². The first kappa shape index (κ1) is 9.03. The van der Waals surface area contributed by atoms with Crippen molar-refractivity contribution in [2.45, 2.75) is 4.90 Å². The molecule has 1 rings (SSSR count). The van der Waals surface area contributed by atoms with Gasteiger partial charge in [-0.3, -0.25) is 0 Å². The lowest BCUT2D eigenvalue weighted by Gasteiger charge is -1.93. The van der Waals surface area contributed by atoms with E-state index in [1.807, 2.05) is 0 Å². The average Bonchev–Trinajstić information content (AvgIpc) is 1.86. The predicted molar refractivity (Wildman–Crippen MR) is 47.2 cm³/mol. The Kier molecular flexibility index (Phi) is 2.57. The third-order valence-electron chi connectivity index (χ3n) is 1.10. The van der Waals surface area contributed by atoms with Gasteiger partial charge in [0.15, 0.2) is 0 Å². The van der Waals surface area contributed by atoms with Crippen LogP contribution in [0.4, 0.5) is 0 Å². The van der Waals surface area contributed by atoms with Crippen molar-refractivity contribution in [2.24, 2.45) is 0 Å². The zero-order valence-corrected chi connectivity index (χ0v) is 8.45. The van der Waals surface area contributed by atoms with Crippen molar-refractivity contribution in [1.82, 2.24) is 0 Å². The number of rotatable bonds is 1. The molecule has 0 saturated carbocycles. The second-order valence-corrected chi connectivity index (χ2v) is 5.37. The Labute approximate surface area is 77.7 Å².